The summed E-state index contributed by atoms with van der Waals surface area (Å²) < 4.78 is 0. The van der Waals surface area contributed by atoms with Crippen molar-refractivity contribution in [2.75, 3.05) is 24.6 Å². The van der Waals surface area contributed by atoms with Crippen molar-refractivity contribution in [3.05, 3.63) is 96.9 Å². The van der Waals surface area contributed by atoms with Crippen molar-refractivity contribution in [3.8, 4) is 0 Å². The first-order valence-corrected chi connectivity index (χ1v) is 16.8. The lowest BCUT2D eigenvalue weighted by atomic mass is 10.2. The Balaban J connectivity index is 1.87. The van der Waals surface area contributed by atoms with Crippen molar-refractivity contribution >= 4 is 39.5 Å². The summed E-state index contributed by atoms with van der Waals surface area (Å²) in [5, 5.41) is 5.90. The van der Waals surface area contributed by atoms with E-state index in [1.165, 1.54) is 0 Å². The largest absolute Gasteiger partial charge is 0.355 e. The Hall–Kier alpha value is -2.77. The van der Waals surface area contributed by atoms with E-state index < -0.39 is 0 Å². The topological polar surface area (TPSA) is 71.1 Å². The molecule has 0 atom stereocenters. The maximum atomic E-state index is 12.0. The van der Waals surface area contributed by atoms with E-state index in [0.717, 1.165) is 62.0 Å². The molecule has 0 bridgehead atoms. The Bertz CT molecular complexity index is 954. The predicted octanol–water partition coefficient (Wildman–Crippen LogP) is 8.02. The van der Waals surface area contributed by atoms with Crippen LogP contribution in [0.15, 0.2) is 91.4 Å². The Morgan fingerprint density at radius 3 is 1.93 bits per heavy atom. The third-order valence-corrected chi connectivity index (χ3v) is 7.74. The maximum absolute atomic E-state index is 12.0. The smallest absolute Gasteiger partial charge is 0.223 e. The minimum Gasteiger partial charge on any atom is -0.355 e. The molecule has 1 rings (SSSR count). The van der Waals surface area contributed by atoms with Gasteiger partial charge in [-0.1, -0.05) is 107 Å². The number of carbonyl (C=O) groups is 2. The van der Waals surface area contributed by atoms with Crippen LogP contribution in [0.25, 0.3) is 6.08 Å². The molecule has 2 N–H and O–H groups in total. The molecule has 0 spiro atoms. The van der Waals surface area contributed by atoms with Crippen LogP contribution < -0.4 is 10.6 Å². The molecule has 0 aliphatic heterocycles. The zero-order valence-electron chi connectivity index (χ0n) is 24.0. The van der Waals surface area contributed by atoms with E-state index in [1.807, 2.05) is 24.3 Å². The fraction of sp³-hybridized carbons (Fsp3) is 0.424. The molecule has 0 aliphatic carbocycles. The summed E-state index contributed by atoms with van der Waals surface area (Å²) in [7, 11) is 3.43. The highest BCUT2D eigenvalue weighted by Crippen LogP contribution is 2.19. The molecular formula is C33H47N3O2S2. The second kappa shape index (κ2) is 27.8. The van der Waals surface area contributed by atoms with Gasteiger partial charge in [-0.25, -0.2) is 0 Å². The standard InChI is InChI=1S/C33H47N3O2S2/c1-2-3-4-5-6-7-8-9-10-11-12-13-14-15-16-17-18-23-32(37)35-26-28-39-40-29-27-36-33(38)24-19-21-31-22-20-25-34-30-31/h3-4,6-7,9-10,12-13,15-16,19-22,25,30H,2,5,8,11,14,17-18,23-24,26-29H2,1H3,(H,35,37)(H,36,38). The summed E-state index contributed by atoms with van der Waals surface area (Å²) in [5.74, 6) is 1.82. The lowest BCUT2D eigenvalue weighted by Crippen LogP contribution is -2.25. The first-order chi connectivity index (χ1) is 19.7. The molecule has 218 valence electrons. The van der Waals surface area contributed by atoms with Crippen LogP contribution in [0.1, 0.15) is 70.3 Å². The number of nitrogens with one attached hydrogen (secondary N) is 2. The van der Waals surface area contributed by atoms with Gasteiger partial charge in [0.25, 0.3) is 0 Å². The molecule has 2 amide bonds. The zero-order chi connectivity index (χ0) is 28.8. The average Bonchev–Trinajstić information content (AvgIpc) is 2.96. The van der Waals surface area contributed by atoms with Crippen LogP contribution in [-0.2, 0) is 9.59 Å². The molecule has 0 aliphatic rings. The minimum atomic E-state index is 0.0163. The van der Waals surface area contributed by atoms with E-state index in [9.17, 15) is 9.59 Å². The number of hydrogen-bond donors (Lipinski definition) is 2. The van der Waals surface area contributed by atoms with E-state index in [0.29, 0.717) is 25.9 Å². The highest BCUT2D eigenvalue weighted by Gasteiger charge is 2.00. The van der Waals surface area contributed by atoms with Gasteiger partial charge in [0.15, 0.2) is 0 Å². The number of aromatic nitrogens is 1. The van der Waals surface area contributed by atoms with Gasteiger partial charge in [0.05, 0.1) is 0 Å². The van der Waals surface area contributed by atoms with Crippen LogP contribution in [-0.4, -0.2) is 41.4 Å². The van der Waals surface area contributed by atoms with Crippen molar-refractivity contribution in [2.24, 2.45) is 0 Å². The second-order valence-corrected chi connectivity index (χ2v) is 11.5. The van der Waals surface area contributed by atoms with Crippen molar-refractivity contribution in [3.63, 3.8) is 0 Å². The van der Waals surface area contributed by atoms with Crippen LogP contribution >= 0.6 is 21.6 Å². The van der Waals surface area contributed by atoms with Gasteiger partial charge in [-0.2, -0.15) is 0 Å². The highest BCUT2D eigenvalue weighted by atomic mass is 33.1. The summed E-state index contributed by atoms with van der Waals surface area (Å²) >= 11 is 0. The summed E-state index contributed by atoms with van der Waals surface area (Å²) in [6.07, 6.45) is 36.9. The van der Waals surface area contributed by atoms with Crippen molar-refractivity contribution in [1.29, 1.82) is 0 Å². The molecule has 0 radical (unpaired) electrons. The molecule has 40 heavy (non-hydrogen) atoms. The molecule has 1 aromatic heterocycles. The molecule has 0 saturated carbocycles. The lowest BCUT2D eigenvalue weighted by Gasteiger charge is -2.05. The normalized spacial score (nSPS) is 12.2. The molecule has 1 aromatic rings. The summed E-state index contributed by atoms with van der Waals surface area (Å²) in [4.78, 5) is 27.9. The third kappa shape index (κ3) is 24.3. The Labute approximate surface area is 250 Å². The van der Waals surface area contributed by atoms with Gasteiger partial charge in [-0.15, -0.1) is 0 Å². The van der Waals surface area contributed by atoms with Gasteiger partial charge in [0, 0.05) is 49.8 Å². The average molecular weight is 582 g/mol. The van der Waals surface area contributed by atoms with E-state index in [1.54, 1.807) is 34.0 Å². The van der Waals surface area contributed by atoms with Crippen molar-refractivity contribution < 1.29 is 9.59 Å². The fourth-order valence-electron chi connectivity index (χ4n) is 3.27. The van der Waals surface area contributed by atoms with E-state index in [2.05, 4.69) is 83.3 Å². The van der Waals surface area contributed by atoms with Gasteiger partial charge in [0.1, 0.15) is 0 Å². The van der Waals surface area contributed by atoms with Crippen molar-refractivity contribution in [2.45, 2.75) is 64.7 Å². The quantitative estimate of drug-likeness (QED) is 0.0778. The van der Waals surface area contributed by atoms with Crippen LogP contribution in [0.3, 0.4) is 0 Å². The number of allylic oxidation sites excluding steroid dienone is 10. The highest BCUT2D eigenvalue weighted by molar-refractivity contribution is 8.76. The molecule has 1 heterocycles. The lowest BCUT2D eigenvalue weighted by molar-refractivity contribution is -0.121. The Kier molecular flexibility index (Phi) is 24.5. The summed E-state index contributed by atoms with van der Waals surface area (Å²) in [6.45, 7) is 3.46. The van der Waals surface area contributed by atoms with Gasteiger partial charge in [-0.3, -0.25) is 14.6 Å². The monoisotopic (exact) mass is 581 g/mol. The molecule has 7 heteroatoms. The van der Waals surface area contributed by atoms with Gasteiger partial charge < -0.3 is 10.6 Å². The summed E-state index contributed by atoms with van der Waals surface area (Å²) in [6, 6.07) is 3.82. The molecular weight excluding hydrogens is 535 g/mol. The number of carbonyl (C=O) groups excluding carboxylic acids is 2. The van der Waals surface area contributed by atoms with Crippen LogP contribution in [0.4, 0.5) is 0 Å². The molecule has 5 nitrogen and oxygen atoms in total. The SMILES string of the molecule is CCC=CCC=CCC=CCC=CCC=CCCCC(=O)NCCSSCCNC(=O)CC=Cc1cccnc1. The van der Waals surface area contributed by atoms with E-state index in [-0.39, 0.29) is 11.8 Å². The number of amides is 2. The van der Waals surface area contributed by atoms with Crippen LogP contribution in [0.5, 0.6) is 0 Å². The van der Waals surface area contributed by atoms with Crippen LogP contribution in [0.2, 0.25) is 0 Å². The van der Waals surface area contributed by atoms with E-state index in [4.69, 9.17) is 0 Å². The number of nitrogens with zero attached hydrogens (tertiary/aromatic N) is 1. The first kappa shape index (κ1) is 35.3. The Morgan fingerprint density at radius 2 is 1.35 bits per heavy atom. The Morgan fingerprint density at radius 1 is 0.775 bits per heavy atom. The molecule has 0 unspecified atom stereocenters. The second-order valence-electron chi connectivity index (χ2n) is 8.84. The zero-order valence-corrected chi connectivity index (χ0v) is 25.6. The fourth-order valence-corrected chi connectivity index (χ4v) is 5.08. The number of hydrogen-bond acceptors (Lipinski definition) is 5. The van der Waals surface area contributed by atoms with Crippen LogP contribution in [0, 0.1) is 0 Å². The molecule has 0 fully saturated rings. The number of rotatable bonds is 23. The maximum Gasteiger partial charge on any atom is 0.223 e. The molecule has 0 saturated heterocycles. The summed E-state index contributed by atoms with van der Waals surface area (Å²) in [5.41, 5.74) is 0.986. The van der Waals surface area contributed by atoms with Crippen molar-refractivity contribution in [1.82, 2.24) is 15.6 Å². The van der Waals surface area contributed by atoms with Gasteiger partial charge in [-0.05, 0) is 56.6 Å². The number of unbranched alkanes of at least 4 members (excludes halogenated alkanes) is 1. The van der Waals surface area contributed by atoms with E-state index >= 15 is 0 Å². The minimum absolute atomic E-state index is 0.0163. The predicted molar refractivity (Wildman–Crippen MR) is 177 cm³/mol. The first-order valence-electron chi connectivity index (χ1n) is 14.3. The van der Waals surface area contributed by atoms with Gasteiger partial charge in [0.2, 0.25) is 11.8 Å². The van der Waals surface area contributed by atoms with Gasteiger partial charge >= 0.3 is 0 Å². The molecule has 0 aromatic carbocycles. The number of pyridine rings is 1. The third-order valence-electron chi connectivity index (χ3n) is 5.33.